The molecule has 0 amide bonds. The molecule has 0 aliphatic heterocycles. The molecule has 2 aliphatic rings. The highest BCUT2D eigenvalue weighted by molar-refractivity contribution is 6.15. The maximum Gasteiger partial charge on any atom is 0.0714 e. The molecule has 0 N–H and O–H groups in total. The molecule has 28 rings (SSSR count). The van der Waals surface area contributed by atoms with Crippen LogP contribution in [-0.4, -0.2) is 22.8 Å². The summed E-state index contributed by atoms with van der Waals surface area (Å²) in [4.78, 5) is 2.38. The lowest BCUT2D eigenvalue weighted by atomic mass is 9.66. The number of para-hydroxylation sites is 8. The van der Waals surface area contributed by atoms with Crippen molar-refractivity contribution in [3.05, 3.63) is 541 Å². The number of nitrogens with zero attached hydrogens (tertiary/aromatic N) is 6. The number of anilines is 3. The van der Waals surface area contributed by atoms with E-state index in [2.05, 4.69) is 527 Å². The van der Waals surface area contributed by atoms with Crippen molar-refractivity contribution >= 4 is 126 Å². The average molecular weight is 1730 g/mol. The maximum atomic E-state index is 2.60. The fourth-order valence-corrected chi connectivity index (χ4v) is 24.1. The summed E-state index contributed by atoms with van der Waals surface area (Å²) in [5, 5.41) is 12.1. The summed E-state index contributed by atoms with van der Waals surface area (Å²) in [6.45, 7) is 4.32. The average Bonchev–Trinajstić information content (AvgIpc) is 1.52. The fraction of sp³-hybridized carbons (Fsp3) is 0.0308. The van der Waals surface area contributed by atoms with E-state index in [9.17, 15) is 0 Å². The molecule has 6 heteroatoms. The Morgan fingerprint density at radius 3 is 0.684 bits per heavy atom. The molecule has 0 radical (unpaired) electrons. The molecule has 0 fully saturated rings. The molecule has 0 unspecified atom stereocenters. The Labute approximate surface area is 786 Å². The lowest BCUT2D eigenvalue weighted by molar-refractivity contribution is 0.769. The molecule has 0 saturated carbocycles. The number of fused-ring (bicyclic) bond motifs is 21. The van der Waals surface area contributed by atoms with Crippen molar-refractivity contribution in [2.24, 2.45) is 0 Å². The fourth-order valence-electron chi connectivity index (χ4n) is 24.1. The molecular weight excluding hydrogens is 1650 g/mol. The summed E-state index contributed by atoms with van der Waals surface area (Å²) in [7, 11) is 0. The summed E-state index contributed by atoms with van der Waals surface area (Å²) in [5.74, 6) is 0. The molecular formula is C130H86N6. The predicted molar refractivity (Wildman–Crippen MR) is 568 cm³/mol. The zero-order valence-corrected chi connectivity index (χ0v) is 74.9. The number of hydrogen-bond acceptors (Lipinski definition) is 1. The van der Waals surface area contributed by atoms with Crippen LogP contribution >= 0.6 is 0 Å². The van der Waals surface area contributed by atoms with Crippen LogP contribution in [0.2, 0.25) is 0 Å². The second-order valence-corrected chi connectivity index (χ2v) is 37.1. The van der Waals surface area contributed by atoms with Crippen molar-refractivity contribution in [1.29, 1.82) is 0 Å². The van der Waals surface area contributed by atoms with E-state index < -0.39 is 10.8 Å². The van der Waals surface area contributed by atoms with E-state index in [0.29, 0.717) is 0 Å². The highest BCUT2D eigenvalue weighted by atomic mass is 15.1. The van der Waals surface area contributed by atoms with Crippen molar-refractivity contribution in [3.8, 4) is 72.9 Å². The van der Waals surface area contributed by atoms with Gasteiger partial charge in [-0.3, -0.25) is 0 Å². The van der Waals surface area contributed by atoms with Gasteiger partial charge in [0.1, 0.15) is 0 Å². The quantitative estimate of drug-likeness (QED) is 0.107. The van der Waals surface area contributed by atoms with Gasteiger partial charge in [0.05, 0.1) is 66.0 Å². The van der Waals surface area contributed by atoms with Crippen LogP contribution in [-0.2, 0) is 10.8 Å². The third kappa shape index (κ3) is 11.3. The molecule has 636 valence electrons. The second kappa shape index (κ2) is 30.0. The maximum absolute atomic E-state index is 2.60. The van der Waals surface area contributed by atoms with Gasteiger partial charge in [0, 0.05) is 99.4 Å². The van der Waals surface area contributed by atoms with Gasteiger partial charge in [0.15, 0.2) is 0 Å². The smallest absolute Gasteiger partial charge is 0.0714 e. The zero-order valence-electron chi connectivity index (χ0n) is 74.9. The Morgan fingerprint density at radius 2 is 0.397 bits per heavy atom. The molecule has 6 nitrogen and oxygen atoms in total. The van der Waals surface area contributed by atoms with Gasteiger partial charge in [-0.15, -0.1) is 0 Å². The summed E-state index contributed by atoms with van der Waals surface area (Å²) in [6.07, 6.45) is 0. The predicted octanol–water partition coefficient (Wildman–Crippen LogP) is 33.3. The first kappa shape index (κ1) is 77.2. The lowest BCUT2D eigenvalue weighted by Gasteiger charge is -2.34. The number of aromatic nitrogens is 5. The number of benzene rings is 21. The molecule has 0 atom stereocenters. The second-order valence-electron chi connectivity index (χ2n) is 37.1. The van der Waals surface area contributed by atoms with Crippen molar-refractivity contribution in [2.75, 3.05) is 4.90 Å². The highest BCUT2D eigenvalue weighted by Gasteiger charge is 2.49. The van der Waals surface area contributed by atoms with Crippen LogP contribution in [0.4, 0.5) is 17.1 Å². The molecule has 2 aliphatic carbocycles. The first-order valence-electron chi connectivity index (χ1n) is 47.3. The molecule has 136 heavy (non-hydrogen) atoms. The largest absolute Gasteiger partial charge is 0.311 e. The van der Waals surface area contributed by atoms with Crippen molar-refractivity contribution in [1.82, 2.24) is 22.8 Å². The van der Waals surface area contributed by atoms with Crippen molar-refractivity contribution in [2.45, 2.75) is 24.7 Å². The van der Waals surface area contributed by atoms with Gasteiger partial charge in [0.2, 0.25) is 0 Å². The SMILES string of the molecule is Cc1ccc(N(c2ccc(C)cc2)c2ccc(-n3c4ccc(C5(c6cccc(-c7cc(-n8c9ccccc9c9ccccc98)cc(-n8c9ccccc9c9ccccc98)c7)c6)c6ccccc6-c6ccccc65)cc4c4cc(C5(c6cccc(-c7cc(-n8c9ccccc9c9ccccc98)cc(-n8c9ccccc9c9ccccc98)c7)c6)c6ccccc6-c6ccccc65)ccc43)cc2)cc1. The first-order valence-corrected chi connectivity index (χ1v) is 47.3. The molecule has 26 aromatic rings. The van der Waals surface area contributed by atoms with Gasteiger partial charge in [-0.05, 0) is 273 Å². The van der Waals surface area contributed by atoms with E-state index in [1.54, 1.807) is 0 Å². The number of rotatable bonds is 14. The van der Waals surface area contributed by atoms with Gasteiger partial charge >= 0.3 is 0 Å². The van der Waals surface area contributed by atoms with E-state index in [0.717, 1.165) is 134 Å². The summed E-state index contributed by atoms with van der Waals surface area (Å²) in [6, 6.07) is 184. The topological polar surface area (TPSA) is 27.9 Å². The summed E-state index contributed by atoms with van der Waals surface area (Å²) < 4.78 is 12.5. The highest BCUT2D eigenvalue weighted by Crippen LogP contribution is 2.60. The van der Waals surface area contributed by atoms with Crippen LogP contribution in [0.1, 0.15) is 55.6 Å². The number of aryl methyl sites for hydroxylation is 2. The van der Waals surface area contributed by atoms with Crippen LogP contribution < -0.4 is 4.90 Å². The Kier molecular flexibility index (Phi) is 17.0. The van der Waals surface area contributed by atoms with Gasteiger partial charge < -0.3 is 27.7 Å². The minimum Gasteiger partial charge on any atom is -0.311 e. The van der Waals surface area contributed by atoms with E-state index in [1.807, 2.05) is 0 Å². The molecule has 0 saturated heterocycles. The van der Waals surface area contributed by atoms with Crippen LogP contribution in [0.25, 0.3) is 182 Å². The van der Waals surface area contributed by atoms with Crippen LogP contribution in [0.3, 0.4) is 0 Å². The normalized spacial score (nSPS) is 13.0. The molecule has 21 aromatic carbocycles. The summed E-state index contributed by atoms with van der Waals surface area (Å²) in [5.41, 5.74) is 39.9. The molecule has 5 aromatic heterocycles. The van der Waals surface area contributed by atoms with Crippen molar-refractivity contribution in [3.63, 3.8) is 0 Å². The van der Waals surface area contributed by atoms with Crippen LogP contribution in [0.5, 0.6) is 0 Å². The third-order valence-electron chi connectivity index (χ3n) is 29.9. The summed E-state index contributed by atoms with van der Waals surface area (Å²) >= 11 is 0. The zero-order chi connectivity index (χ0) is 89.6. The van der Waals surface area contributed by atoms with Gasteiger partial charge in [0.25, 0.3) is 0 Å². The van der Waals surface area contributed by atoms with E-state index in [1.165, 1.54) is 121 Å². The standard InChI is InChI=1S/C130H86N6/c1-83-57-63-93(64-58-83)131(94-65-59-84(2)60-66-94)95-67-69-96(70-68-95)132-127-71-61-91(129(115-45-15-3-33-101(115)102-34-4-16-46-116(102)129)89-31-27-29-85(73-89)87-75-97(133-119-49-19-7-37-105(119)106-38-8-20-50-120(106)133)81-98(76-87)134-121-51-21-9-39-107(121)108-40-10-22-52-122(108)134)79-113(127)114-80-92(62-72-128(114)132)130(117-47-17-5-35-103(117)104-36-6-18-48-118(104)130)90-32-28-30-86(74-90)88-77-99(135-123-53-23-11-41-109(123)110-42-12-24-54-124(110)135)82-100(78-88)136-125-55-25-13-43-111(125)112-44-14-26-56-126(112)136/h3-82H,1-2H3. The Morgan fingerprint density at radius 1 is 0.162 bits per heavy atom. The lowest BCUT2D eigenvalue weighted by Crippen LogP contribution is -2.28. The van der Waals surface area contributed by atoms with Gasteiger partial charge in [-0.1, -0.05) is 327 Å². The Bertz CT molecular complexity index is 8380. The van der Waals surface area contributed by atoms with E-state index in [-0.39, 0.29) is 0 Å². The Balaban J connectivity index is 0.688. The van der Waals surface area contributed by atoms with Crippen molar-refractivity contribution < 1.29 is 0 Å². The minimum atomic E-state index is -0.841. The molecule has 5 heterocycles. The molecule has 0 spiro atoms. The third-order valence-corrected chi connectivity index (χ3v) is 29.9. The van der Waals surface area contributed by atoms with Crippen LogP contribution in [0, 0.1) is 13.8 Å². The molecule has 0 bridgehead atoms. The monoisotopic (exact) mass is 1730 g/mol. The van der Waals surface area contributed by atoms with E-state index in [4.69, 9.17) is 0 Å². The van der Waals surface area contributed by atoms with Gasteiger partial charge in [-0.2, -0.15) is 0 Å². The Hall–Kier alpha value is -17.6. The van der Waals surface area contributed by atoms with E-state index >= 15 is 0 Å². The minimum absolute atomic E-state index is 0.841. The van der Waals surface area contributed by atoms with Crippen LogP contribution in [0.15, 0.2) is 485 Å². The van der Waals surface area contributed by atoms with Gasteiger partial charge in [-0.25, -0.2) is 0 Å². The number of hydrogen-bond donors (Lipinski definition) is 0. The first-order chi connectivity index (χ1) is 67.3.